The van der Waals surface area contributed by atoms with E-state index < -0.39 is 0 Å². The Hall–Kier alpha value is -0.0400. The van der Waals surface area contributed by atoms with Crippen molar-refractivity contribution in [3.8, 4) is 0 Å². The maximum Gasteiger partial charge on any atom is 0.0456 e. The second-order valence-corrected chi connectivity index (χ2v) is 6.83. The molecule has 4 unspecified atom stereocenters. The van der Waals surface area contributed by atoms with Crippen molar-refractivity contribution in [3.63, 3.8) is 0 Å². The molecule has 0 saturated heterocycles. The molecular weight excluding hydrogens is 184 g/mol. The van der Waals surface area contributed by atoms with Crippen molar-refractivity contribution < 1.29 is 5.11 Å². The van der Waals surface area contributed by atoms with E-state index in [1.807, 2.05) is 0 Å². The molecule has 1 N–H and O–H groups in total. The molecule has 2 fully saturated rings. The first-order chi connectivity index (χ1) is 6.91. The minimum atomic E-state index is 0.359. The Morgan fingerprint density at radius 1 is 1.33 bits per heavy atom. The molecule has 88 valence electrons. The minimum absolute atomic E-state index is 0.359. The van der Waals surface area contributed by atoms with Crippen LogP contribution in [-0.4, -0.2) is 11.7 Å². The maximum absolute atomic E-state index is 9.18. The van der Waals surface area contributed by atoms with Crippen LogP contribution >= 0.6 is 0 Å². The van der Waals surface area contributed by atoms with Crippen LogP contribution in [-0.2, 0) is 0 Å². The number of aliphatic hydroxyl groups excluding tert-OH is 1. The number of rotatable bonds is 3. The second-order valence-electron chi connectivity index (χ2n) is 6.83. The molecule has 2 aliphatic carbocycles. The zero-order valence-electron chi connectivity index (χ0n) is 10.7. The van der Waals surface area contributed by atoms with Gasteiger partial charge in [-0.15, -0.1) is 0 Å². The van der Waals surface area contributed by atoms with E-state index in [0.29, 0.717) is 23.4 Å². The molecule has 1 nitrogen and oxygen atoms in total. The van der Waals surface area contributed by atoms with Crippen molar-refractivity contribution >= 4 is 0 Å². The summed E-state index contributed by atoms with van der Waals surface area (Å²) in [7, 11) is 0. The number of aliphatic hydroxyl groups is 1. The van der Waals surface area contributed by atoms with Gasteiger partial charge in [0.2, 0.25) is 0 Å². The third kappa shape index (κ3) is 1.46. The van der Waals surface area contributed by atoms with Crippen LogP contribution in [0.3, 0.4) is 0 Å². The average Bonchev–Trinajstić information content (AvgIpc) is 2.50. The molecule has 0 aromatic rings. The lowest BCUT2D eigenvalue weighted by molar-refractivity contribution is 0.0802. The largest absolute Gasteiger partial charge is 0.396 e. The van der Waals surface area contributed by atoms with Gasteiger partial charge in [-0.1, -0.05) is 27.7 Å². The normalized spacial score (nSPS) is 44.6. The minimum Gasteiger partial charge on any atom is -0.396 e. The van der Waals surface area contributed by atoms with E-state index in [9.17, 15) is 5.11 Å². The van der Waals surface area contributed by atoms with Gasteiger partial charge in [-0.3, -0.25) is 0 Å². The monoisotopic (exact) mass is 210 g/mol. The van der Waals surface area contributed by atoms with Crippen LogP contribution in [0.25, 0.3) is 0 Å². The average molecular weight is 210 g/mol. The summed E-state index contributed by atoms with van der Waals surface area (Å²) >= 11 is 0. The van der Waals surface area contributed by atoms with Gasteiger partial charge in [-0.2, -0.15) is 0 Å². The lowest BCUT2D eigenvalue weighted by Gasteiger charge is -2.40. The molecule has 1 heteroatoms. The molecule has 15 heavy (non-hydrogen) atoms. The zero-order chi connectivity index (χ0) is 11.3. The molecule has 0 heterocycles. The lowest BCUT2D eigenvalue weighted by Crippen LogP contribution is -2.33. The zero-order valence-corrected chi connectivity index (χ0v) is 10.7. The molecule has 0 aromatic heterocycles. The molecule has 2 bridgehead atoms. The molecule has 4 atom stereocenters. The van der Waals surface area contributed by atoms with E-state index in [1.165, 1.54) is 25.7 Å². The fraction of sp³-hybridized carbons (Fsp3) is 1.00. The Morgan fingerprint density at radius 2 is 2.00 bits per heavy atom. The fourth-order valence-electron chi connectivity index (χ4n) is 4.29. The number of hydrogen-bond acceptors (Lipinski definition) is 1. The molecule has 2 saturated carbocycles. The first kappa shape index (κ1) is 11.4. The first-order valence-corrected chi connectivity index (χ1v) is 6.52. The summed E-state index contributed by atoms with van der Waals surface area (Å²) in [6.45, 7) is 9.97. The molecule has 2 aliphatic rings. The molecule has 2 rings (SSSR count). The molecule has 0 amide bonds. The summed E-state index contributed by atoms with van der Waals surface area (Å²) in [4.78, 5) is 0. The predicted octanol–water partition coefficient (Wildman–Crippen LogP) is 3.47. The standard InChI is InChI=1S/C14H26O/c1-10(9-15)7-12-8-11-5-6-14(12,4)13(11,2)3/h10-12,15H,5-9H2,1-4H3. The van der Waals surface area contributed by atoms with Crippen LogP contribution in [0.2, 0.25) is 0 Å². The van der Waals surface area contributed by atoms with Crippen LogP contribution in [0.4, 0.5) is 0 Å². The van der Waals surface area contributed by atoms with Gasteiger partial charge in [0.25, 0.3) is 0 Å². The van der Waals surface area contributed by atoms with Crippen LogP contribution in [0.15, 0.2) is 0 Å². The SMILES string of the molecule is CC(CO)CC1CC2CCC1(C)C2(C)C. The van der Waals surface area contributed by atoms with E-state index in [-0.39, 0.29) is 0 Å². The Bertz CT molecular complexity index is 246. The van der Waals surface area contributed by atoms with Gasteiger partial charge in [0, 0.05) is 6.61 Å². The Labute approximate surface area is 94.3 Å². The topological polar surface area (TPSA) is 20.2 Å². The summed E-state index contributed by atoms with van der Waals surface area (Å²) < 4.78 is 0. The Morgan fingerprint density at radius 3 is 2.40 bits per heavy atom. The van der Waals surface area contributed by atoms with Crippen molar-refractivity contribution in [1.82, 2.24) is 0 Å². The quantitative estimate of drug-likeness (QED) is 0.756. The summed E-state index contributed by atoms with van der Waals surface area (Å²) in [5.74, 6) is 2.29. The van der Waals surface area contributed by atoms with Gasteiger partial charge in [0.15, 0.2) is 0 Å². The van der Waals surface area contributed by atoms with Crippen molar-refractivity contribution in [3.05, 3.63) is 0 Å². The molecule has 0 aromatic carbocycles. The van der Waals surface area contributed by atoms with Crippen LogP contribution in [0.1, 0.15) is 53.4 Å². The highest BCUT2D eigenvalue weighted by Crippen LogP contribution is 2.69. The maximum atomic E-state index is 9.18. The Balaban J connectivity index is 2.12. The van der Waals surface area contributed by atoms with E-state index in [0.717, 1.165) is 11.8 Å². The van der Waals surface area contributed by atoms with E-state index in [2.05, 4.69) is 27.7 Å². The predicted molar refractivity (Wildman–Crippen MR) is 63.6 cm³/mol. The highest BCUT2D eigenvalue weighted by atomic mass is 16.3. The van der Waals surface area contributed by atoms with Crippen LogP contribution < -0.4 is 0 Å². The van der Waals surface area contributed by atoms with E-state index in [1.54, 1.807) is 0 Å². The number of hydrogen-bond donors (Lipinski definition) is 1. The van der Waals surface area contributed by atoms with Crippen LogP contribution in [0.5, 0.6) is 0 Å². The fourth-order valence-corrected chi connectivity index (χ4v) is 4.29. The molecule has 0 aliphatic heterocycles. The van der Waals surface area contributed by atoms with Crippen molar-refractivity contribution in [2.45, 2.75) is 53.4 Å². The first-order valence-electron chi connectivity index (χ1n) is 6.52. The van der Waals surface area contributed by atoms with Gasteiger partial charge in [0.05, 0.1) is 0 Å². The van der Waals surface area contributed by atoms with Gasteiger partial charge in [-0.05, 0) is 54.3 Å². The van der Waals surface area contributed by atoms with Gasteiger partial charge >= 0.3 is 0 Å². The molecule has 0 spiro atoms. The second kappa shape index (κ2) is 3.48. The van der Waals surface area contributed by atoms with E-state index >= 15 is 0 Å². The summed E-state index contributed by atoms with van der Waals surface area (Å²) in [6.07, 6.45) is 5.49. The Kier molecular flexibility index (Phi) is 2.65. The van der Waals surface area contributed by atoms with Crippen molar-refractivity contribution in [2.75, 3.05) is 6.61 Å². The van der Waals surface area contributed by atoms with E-state index in [4.69, 9.17) is 0 Å². The van der Waals surface area contributed by atoms with Crippen LogP contribution in [0, 0.1) is 28.6 Å². The van der Waals surface area contributed by atoms with Crippen molar-refractivity contribution in [1.29, 1.82) is 0 Å². The third-order valence-electron chi connectivity index (χ3n) is 5.97. The lowest BCUT2D eigenvalue weighted by atomic mass is 9.65. The molecular formula is C14H26O. The van der Waals surface area contributed by atoms with Gasteiger partial charge < -0.3 is 5.11 Å². The highest BCUT2D eigenvalue weighted by molar-refractivity contribution is 5.09. The summed E-state index contributed by atoms with van der Waals surface area (Å²) in [5, 5.41) is 9.18. The van der Waals surface area contributed by atoms with Gasteiger partial charge in [0.1, 0.15) is 0 Å². The smallest absolute Gasteiger partial charge is 0.0456 e. The third-order valence-corrected chi connectivity index (χ3v) is 5.97. The summed E-state index contributed by atoms with van der Waals surface area (Å²) in [6, 6.07) is 0. The van der Waals surface area contributed by atoms with Gasteiger partial charge in [-0.25, -0.2) is 0 Å². The number of fused-ring (bicyclic) bond motifs is 2. The molecule has 0 radical (unpaired) electrons. The summed E-state index contributed by atoms with van der Waals surface area (Å²) in [5.41, 5.74) is 1.08. The van der Waals surface area contributed by atoms with Crippen molar-refractivity contribution in [2.24, 2.45) is 28.6 Å². The highest BCUT2D eigenvalue weighted by Gasteiger charge is 2.60.